The number of H-pyrrole nitrogens is 1. The van der Waals surface area contributed by atoms with E-state index in [-0.39, 0.29) is 11.3 Å². The van der Waals surface area contributed by atoms with E-state index in [1.54, 1.807) is 4.57 Å². The molecule has 4 rings (SSSR count). The number of nitrogens with one attached hydrogen (secondary N) is 1. The largest absolute Gasteiger partial charge is 0.423 e. The molecule has 0 aliphatic rings. The predicted molar refractivity (Wildman–Crippen MR) is 107 cm³/mol. The highest BCUT2D eigenvalue weighted by Crippen LogP contribution is 2.30. The first kappa shape index (κ1) is 17.6. The summed E-state index contributed by atoms with van der Waals surface area (Å²) < 4.78 is 7.05. The zero-order valence-electron chi connectivity index (χ0n) is 14.9. The standard InChI is InChI=1S/C20H19N3O3S/c1-2-3-10-23-19(25)21-22-20(23)27-12-14-11-17(24)26-16-9-8-13-6-4-5-7-15(13)18(14)16/h4-9,11H,2-3,10,12H2,1H3,(H,21,25). The molecule has 2 aromatic heterocycles. The zero-order valence-corrected chi connectivity index (χ0v) is 15.7. The van der Waals surface area contributed by atoms with Crippen LogP contribution in [0.2, 0.25) is 0 Å². The molecule has 0 spiro atoms. The van der Waals surface area contributed by atoms with Gasteiger partial charge in [0, 0.05) is 23.8 Å². The van der Waals surface area contributed by atoms with Crippen LogP contribution in [0.1, 0.15) is 25.3 Å². The topological polar surface area (TPSA) is 80.9 Å². The Morgan fingerprint density at radius 2 is 2.04 bits per heavy atom. The number of aromatic amines is 1. The molecule has 4 aromatic rings. The summed E-state index contributed by atoms with van der Waals surface area (Å²) in [5.41, 5.74) is 0.871. The summed E-state index contributed by atoms with van der Waals surface area (Å²) in [5, 5.41) is 10.3. The number of unbranched alkanes of at least 4 members (excludes halogenated alkanes) is 1. The molecule has 2 aromatic carbocycles. The Balaban J connectivity index is 1.75. The van der Waals surface area contributed by atoms with Crippen molar-refractivity contribution >= 4 is 33.5 Å². The fourth-order valence-electron chi connectivity index (χ4n) is 3.20. The average molecular weight is 381 g/mol. The second-order valence-corrected chi connectivity index (χ2v) is 7.30. The van der Waals surface area contributed by atoms with Crippen LogP contribution in [-0.4, -0.2) is 14.8 Å². The van der Waals surface area contributed by atoms with Crippen molar-refractivity contribution in [3.05, 3.63) is 68.9 Å². The van der Waals surface area contributed by atoms with Gasteiger partial charge in [-0.15, -0.1) is 5.10 Å². The molecular formula is C20H19N3O3S. The van der Waals surface area contributed by atoms with Crippen LogP contribution in [0, 0.1) is 0 Å². The van der Waals surface area contributed by atoms with Gasteiger partial charge in [-0.3, -0.25) is 4.57 Å². The number of fused-ring (bicyclic) bond motifs is 3. The Morgan fingerprint density at radius 1 is 1.19 bits per heavy atom. The van der Waals surface area contributed by atoms with Gasteiger partial charge in [-0.05, 0) is 28.8 Å². The van der Waals surface area contributed by atoms with Crippen LogP contribution in [0.4, 0.5) is 0 Å². The minimum absolute atomic E-state index is 0.200. The Kier molecular flexibility index (Phi) is 4.85. The molecule has 0 saturated carbocycles. The molecule has 27 heavy (non-hydrogen) atoms. The van der Waals surface area contributed by atoms with Crippen LogP contribution >= 0.6 is 11.8 Å². The van der Waals surface area contributed by atoms with E-state index < -0.39 is 0 Å². The first-order valence-corrected chi connectivity index (χ1v) is 9.88. The van der Waals surface area contributed by atoms with Crippen molar-refractivity contribution in [1.82, 2.24) is 14.8 Å². The molecule has 0 saturated heterocycles. The lowest BCUT2D eigenvalue weighted by Gasteiger charge is -2.09. The molecule has 0 aliphatic carbocycles. The molecule has 0 atom stereocenters. The maximum absolute atomic E-state index is 12.0. The molecule has 0 amide bonds. The summed E-state index contributed by atoms with van der Waals surface area (Å²) in [4.78, 5) is 24.0. The van der Waals surface area contributed by atoms with Crippen LogP contribution in [0.15, 0.2) is 61.6 Å². The molecule has 0 unspecified atom stereocenters. The number of aromatic nitrogens is 3. The second-order valence-electron chi connectivity index (χ2n) is 6.36. The monoisotopic (exact) mass is 381 g/mol. The maximum atomic E-state index is 12.0. The third-order valence-corrected chi connectivity index (χ3v) is 5.56. The van der Waals surface area contributed by atoms with E-state index in [0.29, 0.717) is 23.0 Å². The Hall–Kier alpha value is -2.80. The molecular weight excluding hydrogens is 362 g/mol. The highest BCUT2D eigenvalue weighted by Gasteiger charge is 2.13. The number of hydrogen-bond acceptors (Lipinski definition) is 5. The van der Waals surface area contributed by atoms with Crippen LogP contribution < -0.4 is 11.3 Å². The van der Waals surface area contributed by atoms with Crippen LogP contribution in [0.25, 0.3) is 21.7 Å². The minimum Gasteiger partial charge on any atom is -0.423 e. The summed E-state index contributed by atoms with van der Waals surface area (Å²) in [7, 11) is 0. The van der Waals surface area contributed by atoms with Crippen LogP contribution in [0.3, 0.4) is 0 Å². The number of thioether (sulfide) groups is 1. The maximum Gasteiger partial charge on any atom is 0.343 e. The Labute approximate surface area is 159 Å². The van der Waals surface area contributed by atoms with Crippen molar-refractivity contribution in [3.8, 4) is 0 Å². The predicted octanol–water partition coefficient (Wildman–Crippen LogP) is 3.92. The first-order valence-electron chi connectivity index (χ1n) is 8.90. The van der Waals surface area contributed by atoms with Gasteiger partial charge in [0.15, 0.2) is 5.16 Å². The van der Waals surface area contributed by atoms with Crippen molar-refractivity contribution in [2.45, 2.75) is 37.2 Å². The molecule has 0 bridgehead atoms. The molecule has 1 N–H and O–H groups in total. The van der Waals surface area contributed by atoms with Crippen molar-refractivity contribution in [2.75, 3.05) is 0 Å². The fourth-order valence-corrected chi connectivity index (χ4v) is 4.16. The average Bonchev–Trinajstić information content (AvgIpc) is 3.03. The van der Waals surface area contributed by atoms with E-state index in [1.807, 2.05) is 36.4 Å². The first-order chi connectivity index (χ1) is 13.2. The number of rotatable bonds is 6. The molecule has 138 valence electrons. The van der Waals surface area contributed by atoms with E-state index in [9.17, 15) is 9.59 Å². The van der Waals surface area contributed by atoms with Gasteiger partial charge in [-0.1, -0.05) is 55.4 Å². The van der Waals surface area contributed by atoms with Crippen molar-refractivity contribution in [1.29, 1.82) is 0 Å². The summed E-state index contributed by atoms with van der Waals surface area (Å²) in [5.74, 6) is 0.520. The molecule has 0 fully saturated rings. The van der Waals surface area contributed by atoms with E-state index in [2.05, 4.69) is 17.1 Å². The van der Waals surface area contributed by atoms with Crippen LogP contribution in [0.5, 0.6) is 0 Å². The van der Waals surface area contributed by atoms with Gasteiger partial charge < -0.3 is 4.42 Å². The van der Waals surface area contributed by atoms with Crippen molar-refractivity contribution < 1.29 is 4.42 Å². The third-order valence-electron chi connectivity index (χ3n) is 4.53. The number of benzene rings is 2. The normalized spacial score (nSPS) is 11.4. The summed E-state index contributed by atoms with van der Waals surface area (Å²) in [6.45, 7) is 2.72. The van der Waals surface area contributed by atoms with Gasteiger partial charge in [0.05, 0.1) is 0 Å². The zero-order chi connectivity index (χ0) is 18.8. The Bertz CT molecular complexity index is 1220. The SMILES string of the molecule is CCCCn1c(SCc2cc(=O)oc3ccc4ccccc4c23)n[nH]c1=O. The molecule has 2 heterocycles. The molecule has 0 aliphatic heterocycles. The highest BCUT2D eigenvalue weighted by molar-refractivity contribution is 7.98. The number of nitrogens with zero attached hydrogens (tertiary/aromatic N) is 2. The second kappa shape index (κ2) is 7.44. The van der Waals surface area contributed by atoms with Crippen molar-refractivity contribution in [2.24, 2.45) is 0 Å². The lowest BCUT2D eigenvalue weighted by Crippen LogP contribution is -2.17. The van der Waals surface area contributed by atoms with Gasteiger partial charge in [-0.25, -0.2) is 14.7 Å². The Morgan fingerprint density at radius 3 is 2.89 bits per heavy atom. The van der Waals surface area contributed by atoms with E-state index in [0.717, 1.165) is 34.6 Å². The fraction of sp³-hybridized carbons (Fsp3) is 0.250. The van der Waals surface area contributed by atoms with Crippen LogP contribution in [-0.2, 0) is 12.3 Å². The van der Waals surface area contributed by atoms with Gasteiger partial charge >= 0.3 is 11.3 Å². The molecule has 6 nitrogen and oxygen atoms in total. The lowest BCUT2D eigenvalue weighted by molar-refractivity contribution is 0.560. The molecule has 0 radical (unpaired) electrons. The third kappa shape index (κ3) is 3.42. The van der Waals surface area contributed by atoms with Gasteiger partial charge in [0.2, 0.25) is 0 Å². The summed E-state index contributed by atoms with van der Waals surface area (Å²) in [6, 6.07) is 13.3. The molecule has 7 heteroatoms. The quantitative estimate of drug-likeness (QED) is 0.311. The highest BCUT2D eigenvalue weighted by atomic mass is 32.2. The van der Waals surface area contributed by atoms with Gasteiger partial charge in [0.25, 0.3) is 0 Å². The minimum atomic E-state index is -0.376. The van der Waals surface area contributed by atoms with E-state index in [4.69, 9.17) is 4.42 Å². The smallest absolute Gasteiger partial charge is 0.343 e. The summed E-state index contributed by atoms with van der Waals surface area (Å²) in [6.07, 6.45) is 1.91. The summed E-state index contributed by atoms with van der Waals surface area (Å²) >= 11 is 1.44. The van der Waals surface area contributed by atoms with Gasteiger partial charge in [0.1, 0.15) is 5.58 Å². The van der Waals surface area contributed by atoms with Crippen molar-refractivity contribution in [3.63, 3.8) is 0 Å². The van der Waals surface area contributed by atoms with E-state index in [1.165, 1.54) is 17.8 Å². The number of hydrogen-bond donors (Lipinski definition) is 1. The van der Waals surface area contributed by atoms with E-state index >= 15 is 0 Å². The lowest BCUT2D eigenvalue weighted by atomic mass is 10.0. The van der Waals surface area contributed by atoms with Gasteiger partial charge in [-0.2, -0.15) is 0 Å².